The Labute approximate surface area is 165 Å². The number of imidazole rings is 1. The normalized spacial score (nSPS) is 12.9. The smallest absolute Gasteiger partial charge is 0.287 e. The van der Waals surface area contributed by atoms with Crippen LogP contribution in [0.3, 0.4) is 0 Å². The van der Waals surface area contributed by atoms with E-state index in [1.807, 2.05) is 29.7 Å². The first kappa shape index (κ1) is 19.9. The van der Waals surface area contributed by atoms with Gasteiger partial charge in [0.25, 0.3) is 11.8 Å². The fourth-order valence-corrected chi connectivity index (χ4v) is 3.39. The van der Waals surface area contributed by atoms with Crippen LogP contribution in [0.5, 0.6) is 5.75 Å². The van der Waals surface area contributed by atoms with E-state index in [9.17, 15) is 9.59 Å². The lowest BCUT2D eigenvalue weighted by atomic mass is 10.1. The zero-order valence-electron chi connectivity index (χ0n) is 16.6. The quantitative estimate of drug-likeness (QED) is 0.683. The van der Waals surface area contributed by atoms with Crippen molar-refractivity contribution >= 4 is 17.5 Å². The van der Waals surface area contributed by atoms with Gasteiger partial charge >= 0.3 is 0 Å². The molecule has 0 saturated heterocycles. The molecule has 1 aromatic carbocycles. The third-order valence-corrected chi connectivity index (χ3v) is 4.79. The van der Waals surface area contributed by atoms with Crippen LogP contribution in [0.4, 0.5) is 5.69 Å². The van der Waals surface area contributed by atoms with Gasteiger partial charge in [0, 0.05) is 13.1 Å². The summed E-state index contributed by atoms with van der Waals surface area (Å²) < 4.78 is 7.48. The molecule has 7 nitrogen and oxygen atoms in total. The fraction of sp³-hybridized carbons (Fsp3) is 0.476. The van der Waals surface area contributed by atoms with Crippen molar-refractivity contribution in [3.63, 3.8) is 0 Å². The Morgan fingerprint density at radius 3 is 2.79 bits per heavy atom. The Bertz CT molecular complexity index is 844. The number of carbonyl (C=O) groups excluding carboxylic acids is 2. The van der Waals surface area contributed by atoms with Gasteiger partial charge in [-0.3, -0.25) is 9.59 Å². The van der Waals surface area contributed by atoms with Gasteiger partial charge in [0.15, 0.2) is 11.5 Å². The summed E-state index contributed by atoms with van der Waals surface area (Å²) >= 11 is 0. The van der Waals surface area contributed by atoms with Gasteiger partial charge < -0.3 is 19.9 Å². The molecule has 0 radical (unpaired) electrons. The maximum Gasteiger partial charge on any atom is 0.287 e. The number of nitrogens with zero attached hydrogens (tertiary/aromatic N) is 2. The first-order chi connectivity index (χ1) is 13.7. The SMILES string of the molecule is CCCCNC(=O)c1nc(C(=O)Nc2ccccc2OCC)c2n1CCCC2. The molecule has 1 aliphatic heterocycles. The zero-order valence-corrected chi connectivity index (χ0v) is 16.6. The molecule has 0 atom stereocenters. The number of fused-ring (bicyclic) bond motifs is 1. The molecule has 1 aliphatic rings. The minimum absolute atomic E-state index is 0.217. The topological polar surface area (TPSA) is 85.2 Å². The molecule has 2 N–H and O–H groups in total. The predicted molar refractivity (Wildman–Crippen MR) is 108 cm³/mol. The molecule has 0 unspecified atom stereocenters. The molecule has 28 heavy (non-hydrogen) atoms. The summed E-state index contributed by atoms with van der Waals surface area (Å²) in [6.45, 7) is 5.80. The molecule has 2 amide bonds. The molecule has 0 fully saturated rings. The largest absolute Gasteiger partial charge is 0.492 e. The monoisotopic (exact) mass is 384 g/mol. The van der Waals surface area contributed by atoms with E-state index in [-0.39, 0.29) is 11.8 Å². The summed E-state index contributed by atoms with van der Waals surface area (Å²) in [4.78, 5) is 30.0. The Morgan fingerprint density at radius 1 is 1.18 bits per heavy atom. The Balaban J connectivity index is 1.85. The second kappa shape index (κ2) is 9.39. The molecular weight excluding hydrogens is 356 g/mol. The standard InChI is InChI=1S/C21H28N4O3/c1-3-5-13-22-21(27)19-24-18(16-11-8-9-14-25(16)19)20(26)23-15-10-6-7-12-17(15)28-4-2/h6-7,10,12H,3-5,8-9,11,13-14H2,1-2H3,(H,22,27)(H,23,26). The minimum Gasteiger partial charge on any atom is -0.492 e. The fourth-order valence-electron chi connectivity index (χ4n) is 3.39. The van der Waals surface area contributed by atoms with Gasteiger partial charge in [-0.25, -0.2) is 4.98 Å². The number of carbonyl (C=O) groups is 2. The second-order valence-electron chi connectivity index (χ2n) is 6.83. The number of amides is 2. The van der Waals surface area contributed by atoms with Gasteiger partial charge in [-0.05, 0) is 44.7 Å². The molecule has 0 bridgehead atoms. The lowest BCUT2D eigenvalue weighted by Crippen LogP contribution is -2.28. The molecule has 2 aromatic rings. The molecule has 0 aliphatic carbocycles. The maximum atomic E-state index is 13.0. The Morgan fingerprint density at radius 2 is 2.00 bits per heavy atom. The first-order valence-electron chi connectivity index (χ1n) is 10.1. The van der Waals surface area contributed by atoms with Crippen LogP contribution >= 0.6 is 0 Å². The number of aromatic nitrogens is 2. The van der Waals surface area contributed by atoms with E-state index in [1.54, 1.807) is 6.07 Å². The molecule has 7 heteroatoms. The highest BCUT2D eigenvalue weighted by Gasteiger charge is 2.27. The number of unbranched alkanes of at least 4 members (excludes halogenated alkanes) is 1. The van der Waals surface area contributed by atoms with Gasteiger partial charge in [0.2, 0.25) is 0 Å². The van der Waals surface area contributed by atoms with E-state index in [4.69, 9.17) is 4.74 Å². The summed E-state index contributed by atoms with van der Waals surface area (Å²) in [6.07, 6.45) is 4.63. The minimum atomic E-state index is -0.314. The third-order valence-electron chi connectivity index (χ3n) is 4.79. The van der Waals surface area contributed by atoms with Crippen LogP contribution in [0, 0.1) is 0 Å². The third kappa shape index (κ3) is 4.35. The maximum absolute atomic E-state index is 13.0. The van der Waals surface area contributed by atoms with Crippen LogP contribution in [0.15, 0.2) is 24.3 Å². The first-order valence-corrected chi connectivity index (χ1v) is 10.1. The molecule has 150 valence electrons. The van der Waals surface area contributed by atoms with Crippen molar-refractivity contribution in [1.82, 2.24) is 14.9 Å². The van der Waals surface area contributed by atoms with Crippen molar-refractivity contribution < 1.29 is 14.3 Å². The average molecular weight is 384 g/mol. The number of nitrogens with one attached hydrogen (secondary N) is 2. The van der Waals surface area contributed by atoms with Crippen LogP contribution < -0.4 is 15.4 Å². The molecule has 3 rings (SSSR count). The number of benzene rings is 1. The van der Waals surface area contributed by atoms with Crippen molar-refractivity contribution in [3.8, 4) is 5.75 Å². The number of hydrogen-bond acceptors (Lipinski definition) is 4. The van der Waals surface area contributed by atoms with Crippen molar-refractivity contribution in [3.05, 3.63) is 41.5 Å². The molecule has 0 spiro atoms. The Hall–Kier alpha value is -2.83. The molecular formula is C21H28N4O3. The van der Waals surface area contributed by atoms with Gasteiger partial charge in [0.05, 0.1) is 18.0 Å². The van der Waals surface area contributed by atoms with E-state index in [1.165, 1.54) is 0 Å². The van der Waals surface area contributed by atoms with Crippen molar-refractivity contribution in [2.75, 3.05) is 18.5 Å². The summed E-state index contributed by atoms with van der Waals surface area (Å²) in [7, 11) is 0. The van der Waals surface area contributed by atoms with Crippen molar-refractivity contribution in [2.45, 2.75) is 52.5 Å². The highest BCUT2D eigenvalue weighted by molar-refractivity contribution is 6.05. The van der Waals surface area contributed by atoms with Crippen molar-refractivity contribution in [2.24, 2.45) is 0 Å². The predicted octanol–water partition coefficient (Wildman–Crippen LogP) is 3.40. The van der Waals surface area contributed by atoms with E-state index < -0.39 is 0 Å². The van der Waals surface area contributed by atoms with Gasteiger partial charge in [0.1, 0.15) is 5.75 Å². The highest BCUT2D eigenvalue weighted by atomic mass is 16.5. The molecule has 2 heterocycles. The van der Waals surface area contributed by atoms with Crippen LogP contribution in [-0.2, 0) is 13.0 Å². The number of hydrogen-bond donors (Lipinski definition) is 2. The van der Waals surface area contributed by atoms with Gasteiger partial charge in [-0.15, -0.1) is 0 Å². The van der Waals surface area contributed by atoms with Crippen LogP contribution in [0.1, 0.15) is 66.3 Å². The van der Waals surface area contributed by atoms with Crippen LogP contribution in [-0.4, -0.2) is 34.5 Å². The van der Waals surface area contributed by atoms with Gasteiger partial charge in [-0.2, -0.15) is 0 Å². The van der Waals surface area contributed by atoms with E-state index in [2.05, 4.69) is 22.5 Å². The molecule has 1 aromatic heterocycles. The zero-order chi connectivity index (χ0) is 19.9. The second-order valence-corrected chi connectivity index (χ2v) is 6.83. The number of ether oxygens (including phenoxy) is 1. The van der Waals surface area contributed by atoms with Crippen LogP contribution in [0.25, 0.3) is 0 Å². The Kier molecular flexibility index (Phi) is 6.68. The average Bonchev–Trinajstić information content (AvgIpc) is 3.10. The summed E-state index contributed by atoms with van der Waals surface area (Å²) in [5.41, 5.74) is 1.76. The lowest BCUT2D eigenvalue weighted by Gasteiger charge is -2.17. The van der Waals surface area contributed by atoms with E-state index in [0.717, 1.165) is 37.8 Å². The van der Waals surface area contributed by atoms with Gasteiger partial charge in [-0.1, -0.05) is 25.5 Å². The summed E-state index contributed by atoms with van der Waals surface area (Å²) in [6, 6.07) is 7.31. The summed E-state index contributed by atoms with van der Waals surface area (Å²) in [5.74, 6) is 0.411. The highest BCUT2D eigenvalue weighted by Crippen LogP contribution is 2.26. The number of anilines is 1. The number of rotatable bonds is 8. The lowest BCUT2D eigenvalue weighted by molar-refractivity contribution is 0.0937. The number of para-hydroxylation sites is 2. The summed E-state index contributed by atoms with van der Waals surface area (Å²) in [5, 5.41) is 5.80. The van der Waals surface area contributed by atoms with Crippen LogP contribution in [0.2, 0.25) is 0 Å². The van der Waals surface area contributed by atoms with E-state index >= 15 is 0 Å². The van der Waals surface area contributed by atoms with Crippen molar-refractivity contribution in [1.29, 1.82) is 0 Å². The molecule has 0 saturated carbocycles. The van der Waals surface area contributed by atoms with E-state index in [0.29, 0.717) is 42.7 Å².